The molecule has 96 heavy (non-hydrogen) atoms. The van der Waals surface area contributed by atoms with Gasteiger partial charge in [-0.1, -0.05) is 27.7 Å². The van der Waals surface area contributed by atoms with Gasteiger partial charge in [0.1, 0.15) is 93.7 Å². The van der Waals surface area contributed by atoms with E-state index in [2.05, 4.69) is 19.9 Å². The van der Waals surface area contributed by atoms with Crippen molar-refractivity contribution in [3.8, 4) is 68.0 Å². The number of hydrogen-bond acceptors (Lipinski definition) is 16. The number of aromatic nitrogens is 4. The van der Waals surface area contributed by atoms with E-state index in [4.69, 9.17) is 41.9 Å². The molecular weight excluding hydrogens is 1270 g/mol. The van der Waals surface area contributed by atoms with Crippen LogP contribution in [-0.2, 0) is 25.7 Å². The van der Waals surface area contributed by atoms with Crippen LogP contribution in [0.3, 0.4) is 0 Å². The Kier molecular flexibility index (Phi) is 21.7. The minimum absolute atomic E-state index is 0.0361. The number of rotatable bonds is 12. The number of benzene rings is 4. The molecule has 4 amide bonds. The Morgan fingerprint density at radius 1 is 0.344 bits per heavy atom. The number of pyridine rings is 4. The summed E-state index contributed by atoms with van der Waals surface area (Å²) in [6.07, 6.45) is -0.00850. The molecule has 0 fully saturated rings. The molecule has 20 nitrogen and oxygen atoms in total. The normalized spacial score (nSPS) is 19.5. The number of nitrogens with zero attached hydrogens (tertiary/aromatic N) is 4. The van der Waals surface area contributed by atoms with Crippen LogP contribution < -0.4 is 41.9 Å². The number of hydrogen-bond donors (Lipinski definition) is 8. The Balaban J connectivity index is 0.000000150. The highest BCUT2D eigenvalue weighted by Gasteiger charge is 2.36. The lowest BCUT2D eigenvalue weighted by atomic mass is 9.88. The van der Waals surface area contributed by atoms with Gasteiger partial charge in [0.15, 0.2) is 0 Å². The largest absolute Gasteiger partial charge is 0.471 e. The Morgan fingerprint density at radius 3 is 0.688 bits per heavy atom. The monoisotopic (exact) mass is 1340 g/mol. The fraction of sp³-hybridized carbons (Fsp3) is 0.294. The maximum atomic E-state index is 14.2. The Bertz CT molecular complexity index is 3780. The lowest BCUT2D eigenvalue weighted by Crippen LogP contribution is -2.35. The molecule has 0 saturated heterocycles. The van der Waals surface area contributed by atoms with E-state index in [-0.39, 0.29) is 119 Å². The SMILES string of the molecule is C[C@@H]1Cc2c(-c3ccc(F)cc3F)cc(C(N)=O)nc2O[C@@H]1CO.C[C@@H]1Cc2c(-c3ccc(F)cc3F)cc(C(N)=O)nc2O[C@H]1CO.C[C@H]1Cc2c(-c3ccc(F)cc3F)cc(C(N)=O)nc2O[C@@H]1CO.C[C@H]1Cc2c(-c3ccc(F)cc3F)cc(C(N)=O)nc2O[C@H]1CO. The number of fused-ring (bicyclic) bond motifs is 4. The predicted molar refractivity (Wildman–Crippen MR) is 330 cm³/mol. The molecule has 12 rings (SSSR count). The van der Waals surface area contributed by atoms with Crippen LogP contribution in [0.2, 0.25) is 0 Å². The van der Waals surface area contributed by atoms with Crippen LogP contribution in [-0.4, -0.2) is 115 Å². The average molecular weight is 1340 g/mol. The molecule has 0 spiro atoms. The van der Waals surface area contributed by atoms with Gasteiger partial charge in [-0.25, -0.2) is 55.1 Å². The molecule has 504 valence electrons. The topological polar surface area (TPSA) is 342 Å². The van der Waals surface area contributed by atoms with Gasteiger partial charge in [0.05, 0.1) is 26.4 Å². The van der Waals surface area contributed by atoms with Gasteiger partial charge in [-0.05, 0) is 144 Å². The molecule has 8 heterocycles. The molecular formula is C68H64F8N8O12. The van der Waals surface area contributed by atoms with Gasteiger partial charge in [-0.15, -0.1) is 0 Å². The number of primary amides is 4. The lowest BCUT2D eigenvalue weighted by Gasteiger charge is -2.31. The highest BCUT2D eigenvalue weighted by molar-refractivity contribution is 5.95. The van der Waals surface area contributed by atoms with Gasteiger partial charge in [0.2, 0.25) is 23.5 Å². The summed E-state index contributed by atoms with van der Waals surface area (Å²) in [6.45, 7) is 6.72. The number of carbonyl (C=O) groups excluding carboxylic acids is 4. The predicted octanol–water partition coefficient (Wildman–Crippen LogP) is 8.23. The first-order chi connectivity index (χ1) is 45.6. The molecule has 0 aliphatic carbocycles. The maximum absolute atomic E-state index is 14.2. The van der Waals surface area contributed by atoms with Crippen LogP contribution in [0.4, 0.5) is 35.1 Å². The smallest absolute Gasteiger partial charge is 0.267 e. The summed E-state index contributed by atoms with van der Waals surface area (Å²) in [5, 5.41) is 37.5. The number of aliphatic hydroxyl groups excluding tert-OH is 4. The summed E-state index contributed by atoms with van der Waals surface area (Å²) in [5.74, 6) is -8.53. The number of ether oxygens (including phenoxy) is 4. The summed E-state index contributed by atoms with van der Waals surface area (Å²) in [4.78, 5) is 62.4. The van der Waals surface area contributed by atoms with E-state index < -0.39 is 94.6 Å². The molecule has 0 saturated carbocycles. The molecule has 4 aliphatic heterocycles. The molecule has 0 radical (unpaired) electrons. The molecule has 4 aromatic carbocycles. The molecule has 0 bridgehead atoms. The standard InChI is InChI=1S/4C17H16F2N2O3/c4*1-8-4-12-11(10-3-2-9(18)5-13(10)19)6-14(16(20)23)21-17(12)24-15(8)7-22/h4*2-3,5-6,8,15,22H,4,7H2,1H3,(H2,20,23)/t2*8-,15+;2*8-,15-/m1010/s1. The van der Waals surface area contributed by atoms with Gasteiger partial charge in [-0.2, -0.15) is 0 Å². The van der Waals surface area contributed by atoms with Gasteiger partial charge < -0.3 is 62.3 Å². The highest BCUT2D eigenvalue weighted by Crippen LogP contribution is 2.43. The second-order valence-corrected chi connectivity index (χ2v) is 23.4. The first kappa shape index (κ1) is 70.2. The van der Waals surface area contributed by atoms with Crippen LogP contribution in [0.1, 0.15) is 91.9 Å². The van der Waals surface area contributed by atoms with Crippen molar-refractivity contribution in [2.24, 2.45) is 46.6 Å². The lowest BCUT2D eigenvalue weighted by molar-refractivity contribution is 0.0561. The van der Waals surface area contributed by atoms with Gasteiger partial charge in [0, 0.05) is 68.8 Å². The molecule has 28 heteroatoms. The first-order valence-electron chi connectivity index (χ1n) is 29.9. The molecule has 8 aromatic rings. The number of nitrogens with two attached hydrogens (primary N) is 4. The van der Waals surface area contributed by atoms with E-state index in [0.29, 0.717) is 70.2 Å². The summed E-state index contributed by atoms with van der Waals surface area (Å²) in [6, 6.07) is 18.4. The zero-order valence-electron chi connectivity index (χ0n) is 51.7. The summed E-state index contributed by atoms with van der Waals surface area (Å²) in [7, 11) is 0. The van der Waals surface area contributed by atoms with Crippen LogP contribution in [0, 0.1) is 70.2 Å². The number of carbonyl (C=O) groups is 4. The number of amides is 4. The third kappa shape index (κ3) is 15.3. The fourth-order valence-corrected chi connectivity index (χ4v) is 11.4. The number of halogens is 8. The Labute approximate surface area is 542 Å². The second-order valence-electron chi connectivity index (χ2n) is 23.4. The van der Waals surface area contributed by atoms with Crippen molar-refractivity contribution in [2.45, 2.75) is 77.8 Å². The van der Waals surface area contributed by atoms with Crippen molar-refractivity contribution in [3.63, 3.8) is 0 Å². The minimum Gasteiger partial charge on any atom is -0.471 e. The minimum atomic E-state index is -0.788. The number of aliphatic hydroxyl groups is 4. The third-order valence-electron chi connectivity index (χ3n) is 16.7. The third-order valence-corrected chi connectivity index (χ3v) is 16.7. The molecule has 4 aromatic heterocycles. The van der Waals surface area contributed by atoms with E-state index in [9.17, 15) is 74.7 Å². The van der Waals surface area contributed by atoms with Crippen molar-refractivity contribution in [3.05, 3.63) is 189 Å². The molecule has 4 aliphatic rings. The van der Waals surface area contributed by atoms with Gasteiger partial charge in [-0.3, -0.25) is 19.2 Å². The zero-order valence-corrected chi connectivity index (χ0v) is 51.7. The summed E-state index contributed by atoms with van der Waals surface area (Å²) < 4.78 is 132. The van der Waals surface area contributed by atoms with Crippen LogP contribution in [0.5, 0.6) is 23.5 Å². The summed E-state index contributed by atoms with van der Waals surface area (Å²) >= 11 is 0. The van der Waals surface area contributed by atoms with Crippen molar-refractivity contribution >= 4 is 23.6 Å². The second kappa shape index (κ2) is 29.6. The van der Waals surface area contributed by atoms with Gasteiger partial charge >= 0.3 is 0 Å². The van der Waals surface area contributed by atoms with E-state index in [1.165, 1.54) is 48.5 Å². The van der Waals surface area contributed by atoms with E-state index in [1.54, 1.807) is 0 Å². The molecule has 8 atom stereocenters. The van der Waals surface area contributed by atoms with E-state index >= 15 is 0 Å². The fourth-order valence-electron chi connectivity index (χ4n) is 11.4. The quantitative estimate of drug-likeness (QED) is 0.0534. The van der Waals surface area contributed by atoms with Crippen molar-refractivity contribution in [1.29, 1.82) is 0 Å². The maximum Gasteiger partial charge on any atom is 0.267 e. The highest BCUT2D eigenvalue weighted by atomic mass is 19.2. The molecule has 12 N–H and O–H groups in total. The van der Waals surface area contributed by atoms with Crippen molar-refractivity contribution in [1.82, 2.24) is 19.9 Å². The molecule has 0 unspecified atom stereocenters. The zero-order chi connectivity index (χ0) is 69.7. The van der Waals surface area contributed by atoms with Crippen molar-refractivity contribution in [2.75, 3.05) is 26.4 Å². The van der Waals surface area contributed by atoms with E-state index in [1.807, 2.05) is 27.7 Å². The first-order valence-corrected chi connectivity index (χ1v) is 29.9. The average Bonchev–Trinajstić information content (AvgIpc) is 0.794. The van der Waals surface area contributed by atoms with Crippen molar-refractivity contribution < 1.29 is 93.7 Å². The summed E-state index contributed by atoms with van der Waals surface area (Å²) in [5.41, 5.74) is 25.3. The van der Waals surface area contributed by atoms with Gasteiger partial charge in [0.25, 0.3) is 23.6 Å². The van der Waals surface area contributed by atoms with Crippen LogP contribution >= 0.6 is 0 Å². The van der Waals surface area contributed by atoms with E-state index in [0.717, 1.165) is 48.5 Å². The Hall–Kier alpha value is -10.2. The van der Waals surface area contributed by atoms with Crippen LogP contribution in [0.15, 0.2) is 97.1 Å². The van der Waals surface area contributed by atoms with Crippen LogP contribution in [0.25, 0.3) is 44.5 Å². The Morgan fingerprint density at radius 2 is 0.531 bits per heavy atom.